The van der Waals surface area contributed by atoms with E-state index in [0.29, 0.717) is 0 Å². The lowest BCUT2D eigenvalue weighted by atomic mass is 10.3. The van der Waals surface area contributed by atoms with Crippen molar-refractivity contribution in [2.75, 3.05) is 0 Å². The van der Waals surface area contributed by atoms with Gasteiger partial charge in [0, 0.05) is 6.20 Å². The van der Waals surface area contributed by atoms with Crippen LogP contribution in [0.1, 0.15) is 16.2 Å². The third-order valence-corrected chi connectivity index (χ3v) is 2.16. The second kappa shape index (κ2) is 4.19. The van der Waals surface area contributed by atoms with Crippen LogP contribution in [0, 0.1) is 11.3 Å². The molecule has 17 heavy (non-hydrogen) atoms. The highest BCUT2D eigenvalue weighted by Crippen LogP contribution is 2.18. The molecule has 2 aromatic rings. The molecule has 0 bridgehead atoms. The summed E-state index contributed by atoms with van der Waals surface area (Å²) in [5, 5.41) is 21.2. The van der Waals surface area contributed by atoms with Crippen molar-refractivity contribution in [1.82, 2.24) is 19.7 Å². The van der Waals surface area contributed by atoms with Crippen molar-refractivity contribution in [3.63, 3.8) is 0 Å². The molecule has 0 unspecified atom stereocenters. The predicted molar refractivity (Wildman–Crippen MR) is 55.8 cm³/mol. The van der Waals surface area contributed by atoms with Crippen LogP contribution in [0.15, 0.2) is 18.6 Å². The van der Waals surface area contributed by atoms with Crippen molar-refractivity contribution in [2.45, 2.75) is 0 Å². The second-order valence-corrected chi connectivity index (χ2v) is 3.37. The fourth-order valence-corrected chi connectivity index (χ4v) is 1.39. The third kappa shape index (κ3) is 2.07. The van der Waals surface area contributed by atoms with Gasteiger partial charge < -0.3 is 5.11 Å². The van der Waals surface area contributed by atoms with Crippen LogP contribution in [-0.4, -0.2) is 30.8 Å². The number of nitriles is 1. The Morgan fingerprint density at radius 2 is 2.29 bits per heavy atom. The van der Waals surface area contributed by atoms with E-state index in [4.69, 9.17) is 22.0 Å². The Labute approximate surface area is 99.9 Å². The molecule has 7 nitrogen and oxygen atoms in total. The molecule has 0 aromatic carbocycles. The molecule has 2 aromatic heterocycles. The molecule has 0 saturated heterocycles. The van der Waals surface area contributed by atoms with Crippen LogP contribution in [0.3, 0.4) is 0 Å². The molecule has 0 radical (unpaired) electrons. The number of hydrogen-bond acceptors (Lipinski definition) is 5. The molecule has 84 valence electrons. The largest absolute Gasteiger partial charge is 0.478 e. The van der Waals surface area contributed by atoms with Crippen molar-refractivity contribution < 1.29 is 9.90 Å². The highest BCUT2D eigenvalue weighted by Gasteiger charge is 2.11. The van der Waals surface area contributed by atoms with Gasteiger partial charge in [-0.1, -0.05) is 11.6 Å². The number of rotatable bonds is 2. The van der Waals surface area contributed by atoms with Crippen molar-refractivity contribution in [3.8, 4) is 11.9 Å². The van der Waals surface area contributed by atoms with Crippen molar-refractivity contribution in [3.05, 3.63) is 35.0 Å². The summed E-state index contributed by atoms with van der Waals surface area (Å²) in [5.74, 6) is -0.932. The zero-order valence-electron chi connectivity index (χ0n) is 8.20. The lowest BCUT2D eigenvalue weighted by molar-refractivity contribution is 0.0696. The molecule has 1 N–H and O–H groups in total. The summed E-state index contributed by atoms with van der Waals surface area (Å²) in [6.07, 6.45) is 2.42. The van der Waals surface area contributed by atoms with Gasteiger partial charge in [0.15, 0.2) is 5.82 Å². The number of aromatic carboxylic acids is 1. The lowest BCUT2D eigenvalue weighted by Crippen LogP contribution is -2.03. The van der Waals surface area contributed by atoms with Crippen LogP contribution < -0.4 is 0 Å². The topological polar surface area (TPSA) is 105 Å². The summed E-state index contributed by atoms with van der Waals surface area (Å²) in [5.41, 5.74) is -0.0284. The first-order chi connectivity index (χ1) is 8.11. The van der Waals surface area contributed by atoms with E-state index >= 15 is 0 Å². The summed E-state index contributed by atoms with van der Waals surface area (Å²) in [6.45, 7) is 0. The Kier molecular flexibility index (Phi) is 2.72. The van der Waals surface area contributed by atoms with Gasteiger partial charge in [-0.25, -0.2) is 14.8 Å². The smallest absolute Gasteiger partial charge is 0.337 e. The minimum Gasteiger partial charge on any atom is -0.478 e. The maximum absolute atomic E-state index is 10.7. The molecular weight excluding hydrogens is 246 g/mol. The van der Waals surface area contributed by atoms with Gasteiger partial charge in [-0.2, -0.15) is 9.94 Å². The number of carbonyl (C=O) groups is 1. The summed E-state index contributed by atoms with van der Waals surface area (Å²) in [4.78, 5) is 18.2. The highest BCUT2D eigenvalue weighted by molar-refractivity contribution is 6.32. The second-order valence-electron chi connectivity index (χ2n) is 2.96. The molecule has 0 aliphatic carbocycles. The molecule has 0 fully saturated rings. The van der Waals surface area contributed by atoms with Gasteiger partial charge in [-0.05, 0) is 6.07 Å². The van der Waals surface area contributed by atoms with Crippen molar-refractivity contribution in [2.24, 2.45) is 0 Å². The normalized spacial score (nSPS) is 9.88. The Morgan fingerprint density at radius 3 is 2.82 bits per heavy atom. The van der Waals surface area contributed by atoms with E-state index in [0.717, 1.165) is 6.20 Å². The number of nitrogens with zero attached hydrogens (tertiary/aromatic N) is 5. The lowest BCUT2D eigenvalue weighted by Gasteiger charge is -2.02. The summed E-state index contributed by atoms with van der Waals surface area (Å²) in [7, 11) is 0. The van der Waals surface area contributed by atoms with E-state index in [2.05, 4.69) is 15.1 Å². The van der Waals surface area contributed by atoms with Gasteiger partial charge in [0.2, 0.25) is 0 Å². The molecule has 0 atom stereocenters. The fourth-order valence-electron chi connectivity index (χ4n) is 1.13. The van der Waals surface area contributed by atoms with E-state index in [1.54, 1.807) is 6.07 Å². The van der Waals surface area contributed by atoms with Crippen LogP contribution in [0.25, 0.3) is 5.82 Å². The average Bonchev–Trinajstić information content (AvgIpc) is 2.77. The fraction of sp³-hybridized carbons (Fsp3) is 0. The van der Waals surface area contributed by atoms with Gasteiger partial charge in [0.25, 0.3) is 5.82 Å². The van der Waals surface area contributed by atoms with Crippen LogP contribution in [0.5, 0.6) is 0 Å². The van der Waals surface area contributed by atoms with Gasteiger partial charge in [0.05, 0.1) is 10.6 Å². The number of aromatic nitrogens is 4. The predicted octanol–water partition coefficient (Wildman–Crippen LogP) is 0.886. The molecule has 2 rings (SSSR count). The van der Waals surface area contributed by atoms with Crippen molar-refractivity contribution in [1.29, 1.82) is 5.26 Å². The van der Waals surface area contributed by atoms with Gasteiger partial charge in [0.1, 0.15) is 12.4 Å². The Balaban J connectivity index is 2.47. The zero-order valence-corrected chi connectivity index (χ0v) is 8.96. The molecular formula is C9H4ClN5O2. The molecule has 2 heterocycles. The average molecular weight is 250 g/mol. The maximum Gasteiger partial charge on any atom is 0.337 e. The first-order valence-electron chi connectivity index (χ1n) is 4.33. The van der Waals surface area contributed by atoms with E-state index in [1.165, 1.54) is 17.1 Å². The summed E-state index contributed by atoms with van der Waals surface area (Å²) < 4.78 is 1.20. The number of halogens is 1. The zero-order chi connectivity index (χ0) is 12.4. The maximum atomic E-state index is 10.7. The van der Waals surface area contributed by atoms with E-state index < -0.39 is 5.97 Å². The number of carboxylic acids is 1. The molecule has 0 amide bonds. The van der Waals surface area contributed by atoms with Crippen LogP contribution >= 0.6 is 11.6 Å². The Hall–Kier alpha value is -2.46. The van der Waals surface area contributed by atoms with Crippen LogP contribution in [0.4, 0.5) is 0 Å². The number of pyridine rings is 1. The van der Waals surface area contributed by atoms with Gasteiger partial charge in [-0.3, -0.25) is 0 Å². The molecule has 0 spiro atoms. The van der Waals surface area contributed by atoms with Gasteiger partial charge in [-0.15, -0.1) is 5.10 Å². The monoisotopic (exact) mass is 249 g/mol. The quantitative estimate of drug-likeness (QED) is 0.847. The Morgan fingerprint density at radius 1 is 1.53 bits per heavy atom. The SMILES string of the molecule is N#Cc1ncn(-c2ncc(C(=O)O)cc2Cl)n1. The Bertz CT molecular complexity index is 631. The highest BCUT2D eigenvalue weighted by atomic mass is 35.5. The van der Waals surface area contributed by atoms with E-state index in [1.807, 2.05) is 0 Å². The first-order valence-corrected chi connectivity index (χ1v) is 4.70. The molecule has 0 saturated carbocycles. The molecule has 0 aliphatic rings. The summed E-state index contributed by atoms with van der Waals surface area (Å²) >= 11 is 5.86. The van der Waals surface area contributed by atoms with Crippen LogP contribution in [0.2, 0.25) is 5.02 Å². The molecule has 0 aliphatic heterocycles. The van der Waals surface area contributed by atoms with E-state index in [-0.39, 0.29) is 22.2 Å². The van der Waals surface area contributed by atoms with Gasteiger partial charge >= 0.3 is 5.97 Å². The minimum absolute atomic E-state index is 0.0230. The van der Waals surface area contributed by atoms with Crippen LogP contribution in [-0.2, 0) is 0 Å². The number of hydrogen-bond donors (Lipinski definition) is 1. The number of carboxylic acid groups (broad SMARTS) is 1. The first kappa shape index (κ1) is 11.0. The molecule has 8 heteroatoms. The third-order valence-electron chi connectivity index (χ3n) is 1.88. The standard InChI is InChI=1S/C9H4ClN5O2/c10-6-1-5(9(16)17)3-12-8(6)15-4-13-7(2-11)14-15/h1,3-4H,(H,16,17). The van der Waals surface area contributed by atoms with E-state index in [9.17, 15) is 4.79 Å². The van der Waals surface area contributed by atoms with Crippen molar-refractivity contribution >= 4 is 17.6 Å². The summed E-state index contributed by atoms with van der Waals surface area (Å²) in [6, 6.07) is 3.01. The minimum atomic E-state index is -1.12.